The molecule has 4 nitrogen and oxygen atoms in total. The minimum Gasteiger partial charge on any atom is -0.478 e. The zero-order chi connectivity index (χ0) is 15.5. The SMILES string of the molecule is CCCCC1(CCCC)C(=O)Nc2cc(C(=O)O)ccc21. The quantitative estimate of drug-likeness (QED) is 0.798. The molecular formula is C17H23NO3. The van der Waals surface area contributed by atoms with E-state index >= 15 is 0 Å². The van der Waals surface area contributed by atoms with Crippen molar-refractivity contribution in [1.82, 2.24) is 0 Å². The van der Waals surface area contributed by atoms with E-state index in [4.69, 9.17) is 5.11 Å². The molecule has 0 fully saturated rings. The van der Waals surface area contributed by atoms with Crippen LogP contribution >= 0.6 is 0 Å². The number of carbonyl (C=O) groups is 2. The van der Waals surface area contributed by atoms with Gasteiger partial charge < -0.3 is 10.4 Å². The topological polar surface area (TPSA) is 66.4 Å². The van der Waals surface area contributed by atoms with Crippen LogP contribution in [0.5, 0.6) is 0 Å². The predicted octanol–water partition coefficient (Wildman–Crippen LogP) is 3.96. The van der Waals surface area contributed by atoms with Gasteiger partial charge in [0.15, 0.2) is 0 Å². The molecule has 0 unspecified atom stereocenters. The Morgan fingerprint density at radius 2 is 1.81 bits per heavy atom. The number of aromatic carboxylic acids is 1. The van der Waals surface area contributed by atoms with Crippen LogP contribution in [0.4, 0.5) is 5.69 Å². The van der Waals surface area contributed by atoms with Crippen LogP contribution in [0.3, 0.4) is 0 Å². The molecule has 1 aliphatic rings. The highest BCUT2D eigenvalue weighted by Crippen LogP contribution is 2.45. The number of carbonyl (C=O) groups excluding carboxylic acids is 1. The Bertz CT molecular complexity index is 543. The zero-order valence-corrected chi connectivity index (χ0v) is 12.7. The Hall–Kier alpha value is -1.84. The molecule has 0 aliphatic carbocycles. The third kappa shape index (κ3) is 2.80. The zero-order valence-electron chi connectivity index (χ0n) is 12.7. The Labute approximate surface area is 125 Å². The molecule has 0 radical (unpaired) electrons. The van der Waals surface area contributed by atoms with Crippen LogP contribution in [0.1, 0.15) is 68.3 Å². The van der Waals surface area contributed by atoms with Crippen molar-refractivity contribution in [2.24, 2.45) is 0 Å². The summed E-state index contributed by atoms with van der Waals surface area (Å²) < 4.78 is 0. The fourth-order valence-corrected chi connectivity index (χ4v) is 3.14. The van der Waals surface area contributed by atoms with Gasteiger partial charge in [0.25, 0.3) is 0 Å². The maximum Gasteiger partial charge on any atom is 0.335 e. The Kier molecular flexibility index (Phi) is 4.66. The Morgan fingerprint density at radius 3 is 2.33 bits per heavy atom. The van der Waals surface area contributed by atoms with Gasteiger partial charge in [0.2, 0.25) is 5.91 Å². The average Bonchev–Trinajstić information content (AvgIpc) is 2.74. The van der Waals surface area contributed by atoms with Crippen LogP contribution in [0.15, 0.2) is 18.2 Å². The molecule has 0 aromatic heterocycles. The molecule has 21 heavy (non-hydrogen) atoms. The standard InChI is InChI=1S/C17H23NO3/c1-3-5-9-17(10-6-4-2)13-8-7-12(15(19)20)11-14(13)18-16(17)21/h7-8,11H,3-6,9-10H2,1-2H3,(H,18,21)(H,19,20). The fraction of sp³-hybridized carbons (Fsp3) is 0.529. The van der Waals surface area contributed by atoms with E-state index in [1.165, 1.54) is 0 Å². The Balaban J connectivity index is 2.42. The van der Waals surface area contributed by atoms with Crippen LogP contribution in [0, 0.1) is 0 Å². The first-order valence-corrected chi connectivity index (χ1v) is 7.74. The van der Waals surface area contributed by atoms with E-state index in [1.54, 1.807) is 12.1 Å². The summed E-state index contributed by atoms with van der Waals surface area (Å²) in [5.74, 6) is -0.936. The van der Waals surface area contributed by atoms with E-state index in [9.17, 15) is 9.59 Å². The second-order valence-corrected chi connectivity index (χ2v) is 5.81. The van der Waals surface area contributed by atoms with E-state index in [0.717, 1.165) is 44.1 Å². The molecule has 2 N–H and O–H groups in total. The lowest BCUT2D eigenvalue weighted by Gasteiger charge is -2.27. The summed E-state index contributed by atoms with van der Waals surface area (Å²) in [6, 6.07) is 5.01. The van der Waals surface area contributed by atoms with Crippen molar-refractivity contribution in [3.05, 3.63) is 29.3 Å². The molecule has 0 saturated carbocycles. The molecule has 1 aromatic rings. The lowest BCUT2D eigenvalue weighted by Crippen LogP contribution is -2.34. The van der Waals surface area contributed by atoms with Crippen LogP contribution in [0.2, 0.25) is 0 Å². The minimum absolute atomic E-state index is 0.0296. The second-order valence-electron chi connectivity index (χ2n) is 5.81. The molecular weight excluding hydrogens is 266 g/mol. The van der Waals surface area contributed by atoms with Crippen molar-refractivity contribution in [3.8, 4) is 0 Å². The first-order chi connectivity index (χ1) is 10.0. The minimum atomic E-state index is -0.966. The third-order valence-electron chi connectivity index (χ3n) is 4.38. The maximum absolute atomic E-state index is 12.6. The fourth-order valence-electron chi connectivity index (χ4n) is 3.14. The summed E-state index contributed by atoms with van der Waals surface area (Å²) in [5.41, 5.74) is 1.39. The van der Waals surface area contributed by atoms with E-state index in [0.29, 0.717) is 5.69 Å². The first kappa shape index (κ1) is 15.5. The molecule has 2 rings (SSSR count). The van der Waals surface area contributed by atoms with Gasteiger partial charge in [-0.15, -0.1) is 0 Å². The molecule has 1 aromatic carbocycles. The number of carboxylic acids is 1. The Morgan fingerprint density at radius 1 is 1.19 bits per heavy atom. The van der Waals surface area contributed by atoms with Crippen LogP contribution < -0.4 is 5.32 Å². The van der Waals surface area contributed by atoms with Gasteiger partial charge in [0.05, 0.1) is 11.0 Å². The largest absolute Gasteiger partial charge is 0.478 e. The lowest BCUT2D eigenvalue weighted by atomic mass is 9.73. The molecule has 0 spiro atoms. The molecule has 1 amide bonds. The molecule has 114 valence electrons. The van der Waals surface area contributed by atoms with E-state index in [2.05, 4.69) is 19.2 Å². The van der Waals surface area contributed by atoms with Gasteiger partial charge in [0.1, 0.15) is 0 Å². The van der Waals surface area contributed by atoms with E-state index in [-0.39, 0.29) is 11.5 Å². The number of anilines is 1. The van der Waals surface area contributed by atoms with Crippen molar-refractivity contribution in [2.75, 3.05) is 5.32 Å². The summed E-state index contributed by atoms with van der Waals surface area (Å²) in [6.07, 6.45) is 5.74. The number of amides is 1. The summed E-state index contributed by atoms with van der Waals surface area (Å²) in [5, 5.41) is 12.0. The van der Waals surface area contributed by atoms with Crippen molar-refractivity contribution >= 4 is 17.6 Å². The lowest BCUT2D eigenvalue weighted by molar-refractivity contribution is -0.121. The number of hydrogen-bond acceptors (Lipinski definition) is 2. The maximum atomic E-state index is 12.6. The molecule has 1 aliphatic heterocycles. The summed E-state index contributed by atoms with van der Waals surface area (Å²) in [4.78, 5) is 23.7. The van der Waals surface area contributed by atoms with Crippen molar-refractivity contribution < 1.29 is 14.7 Å². The number of unbranched alkanes of at least 4 members (excludes halogenated alkanes) is 2. The predicted molar refractivity (Wildman–Crippen MR) is 82.8 cm³/mol. The van der Waals surface area contributed by atoms with Crippen molar-refractivity contribution in [2.45, 2.75) is 57.8 Å². The van der Waals surface area contributed by atoms with E-state index in [1.807, 2.05) is 6.07 Å². The smallest absolute Gasteiger partial charge is 0.335 e. The monoisotopic (exact) mass is 289 g/mol. The third-order valence-corrected chi connectivity index (χ3v) is 4.38. The molecule has 0 bridgehead atoms. The molecule has 0 atom stereocenters. The van der Waals surface area contributed by atoms with E-state index < -0.39 is 11.4 Å². The summed E-state index contributed by atoms with van der Waals surface area (Å²) >= 11 is 0. The van der Waals surface area contributed by atoms with Gasteiger partial charge in [-0.25, -0.2) is 4.79 Å². The highest BCUT2D eigenvalue weighted by molar-refractivity contribution is 6.07. The van der Waals surface area contributed by atoms with Gasteiger partial charge in [-0.3, -0.25) is 4.79 Å². The van der Waals surface area contributed by atoms with Crippen molar-refractivity contribution in [3.63, 3.8) is 0 Å². The van der Waals surface area contributed by atoms with Gasteiger partial charge in [-0.1, -0.05) is 45.6 Å². The number of hydrogen-bond donors (Lipinski definition) is 2. The van der Waals surface area contributed by atoms with Gasteiger partial charge in [-0.05, 0) is 30.5 Å². The second kappa shape index (κ2) is 6.29. The molecule has 1 heterocycles. The first-order valence-electron chi connectivity index (χ1n) is 7.74. The van der Waals surface area contributed by atoms with Crippen LogP contribution in [-0.4, -0.2) is 17.0 Å². The number of fused-ring (bicyclic) bond motifs is 1. The summed E-state index contributed by atoms with van der Waals surface area (Å²) in [6.45, 7) is 4.24. The van der Waals surface area contributed by atoms with Gasteiger partial charge >= 0.3 is 5.97 Å². The number of rotatable bonds is 7. The molecule has 0 saturated heterocycles. The van der Waals surface area contributed by atoms with Crippen LogP contribution in [0.25, 0.3) is 0 Å². The highest BCUT2D eigenvalue weighted by atomic mass is 16.4. The normalized spacial score (nSPS) is 15.6. The van der Waals surface area contributed by atoms with Crippen molar-refractivity contribution in [1.29, 1.82) is 0 Å². The molecule has 4 heteroatoms. The highest BCUT2D eigenvalue weighted by Gasteiger charge is 2.45. The number of benzene rings is 1. The average molecular weight is 289 g/mol. The van der Waals surface area contributed by atoms with Crippen LogP contribution in [-0.2, 0) is 10.2 Å². The number of nitrogens with one attached hydrogen (secondary N) is 1. The van der Waals surface area contributed by atoms with Gasteiger partial charge in [-0.2, -0.15) is 0 Å². The van der Waals surface area contributed by atoms with Gasteiger partial charge in [0, 0.05) is 5.69 Å². The summed E-state index contributed by atoms with van der Waals surface area (Å²) in [7, 11) is 0. The number of carboxylic acid groups (broad SMARTS) is 1.